The average molecular weight is 612 g/mol. The van der Waals surface area contributed by atoms with Gasteiger partial charge in [0.05, 0.1) is 15.0 Å². The van der Waals surface area contributed by atoms with Crippen LogP contribution >= 0.6 is 15.9 Å². The molecule has 0 spiro atoms. The SMILES string of the molecule is C[Si](C)(C)CCOCn1ncc([N+](=O)[O-])c1-c1cc(Br)c(OS(=O)(=O)C(F)(F)F)cc1OC(F)F. The first-order valence-electron chi connectivity index (χ1n) is 9.50. The van der Waals surface area contributed by atoms with Crippen molar-refractivity contribution in [2.45, 2.75) is 44.5 Å². The Hall–Kier alpha value is -2.31. The molecule has 35 heavy (non-hydrogen) atoms. The second-order valence-corrected chi connectivity index (χ2v) is 16.1. The van der Waals surface area contributed by atoms with Crippen molar-refractivity contribution in [3.8, 4) is 22.8 Å². The van der Waals surface area contributed by atoms with Crippen LogP contribution in [-0.4, -0.2) is 49.9 Å². The average Bonchev–Trinajstić information content (AvgIpc) is 3.09. The maximum Gasteiger partial charge on any atom is 0.534 e. The first-order chi connectivity index (χ1) is 15.9. The van der Waals surface area contributed by atoms with Crippen molar-refractivity contribution >= 4 is 39.8 Å². The fourth-order valence-corrected chi connectivity index (χ4v) is 4.31. The van der Waals surface area contributed by atoms with E-state index in [4.69, 9.17) is 4.74 Å². The van der Waals surface area contributed by atoms with Crippen molar-refractivity contribution in [2.75, 3.05) is 6.61 Å². The zero-order valence-corrected chi connectivity index (χ0v) is 21.7. The van der Waals surface area contributed by atoms with E-state index in [0.717, 1.165) is 23.0 Å². The molecule has 0 aliphatic carbocycles. The molecule has 0 amide bonds. The third-order valence-corrected chi connectivity index (χ3v) is 7.50. The summed E-state index contributed by atoms with van der Waals surface area (Å²) >= 11 is 2.80. The Balaban J connectivity index is 2.58. The molecule has 0 saturated heterocycles. The van der Waals surface area contributed by atoms with Crippen LogP contribution in [0.4, 0.5) is 27.6 Å². The maximum absolute atomic E-state index is 13.1. The highest BCUT2D eigenvalue weighted by molar-refractivity contribution is 9.10. The van der Waals surface area contributed by atoms with Gasteiger partial charge in [-0.3, -0.25) is 10.1 Å². The van der Waals surface area contributed by atoms with E-state index in [9.17, 15) is 40.5 Å². The van der Waals surface area contributed by atoms with Crippen molar-refractivity contribution in [3.63, 3.8) is 0 Å². The van der Waals surface area contributed by atoms with Crippen molar-refractivity contribution in [3.05, 3.63) is 32.9 Å². The van der Waals surface area contributed by atoms with Gasteiger partial charge in [-0.25, -0.2) is 4.68 Å². The molecule has 0 fully saturated rings. The van der Waals surface area contributed by atoms with E-state index in [2.05, 4.69) is 49.6 Å². The van der Waals surface area contributed by atoms with Crippen LogP contribution in [0.25, 0.3) is 11.3 Å². The number of rotatable bonds is 11. The fraction of sp³-hybridized carbons (Fsp3) is 0.471. The van der Waals surface area contributed by atoms with Gasteiger partial charge in [0.1, 0.15) is 18.7 Å². The third-order valence-electron chi connectivity index (χ3n) is 4.22. The van der Waals surface area contributed by atoms with E-state index < -0.39 is 62.5 Å². The monoisotopic (exact) mass is 611 g/mol. The molecule has 18 heteroatoms. The normalized spacial score (nSPS) is 12.7. The standard InChI is InChI=1S/C17H19BrF5N3O7SSi/c1-35(2,3)5-4-31-9-25-15(12(8-24-25)26(27)28)10-6-11(18)14(7-13(10)32-16(19)20)33-34(29,30)17(21,22)23/h6-8,16H,4-5,9H2,1-3H3. The zero-order valence-electron chi connectivity index (χ0n) is 18.3. The number of alkyl halides is 5. The third kappa shape index (κ3) is 7.58. The summed E-state index contributed by atoms with van der Waals surface area (Å²) < 4.78 is 101. The molecule has 1 aromatic carbocycles. The van der Waals surface area contributed by atoms with E-state index in [-0.39, 0.29) is 19.0 Å². The van der Waals surface area contributed by atoms with Crippen LogP contribution in [0.2, 0.25) is 25.7 Å². The minimum atomic E-state index is -6.16. The van der Waals surface area contributed by atoms with Crippen molar-refractivity contribution in [1.29, 1.82) is 0 Å². The van der Waals surface area contributed by atoms with Crippen LogP contribution in [0.3, 0.4) is 0 Å². The lowest BCUT2D eigenvalue weighted by atomic mass is 10.1. The first-order valence-corrected chi connectivity index (χ1v) is 15.4. The summed E-state index contributed by atoms with van der Waals surface area (Å²) in [6.45, 7) is 2.72. The Morgan fingerprint density at radius 2 is 1.86 bits per heavy atom. The zero-order chi connectivity index (χ0) is 26.8. The Morgan fingerprint density at radius 1 is 1.23 bits per heavy atom. The number of hydrogen-bond acceptors (Lipinski definition) is 8. The molecule has 0 radical (unpaired) electrons. The van der Waals surface area contributed by atoms with Crippen molar-refractivity contribution in [2.24, 2.45) is 0 Å². The number of nitrogens with zero attached hydrogens (tertiary/aromatic N) is 3. The van der Waals surface area contributed by atoms with Crippen LogP contribution < -0.4 is 8.92 Å². The predicted molar refractivity (Wildman–Crippen MR) is 118 cm³/mol. The molecule has 0 unspecified atom stereocenters. The van der Waals surface area contributed by atoms with Gasteiger partial charge in [-0.1, -0.05) is 19.6 Å². The maximum atomic E-state index is 13.1. The smallest absolute Gasteiger partial charge is 0.434 e. The molecule has 1 aromatic heterocycles. The summed E-state index contributed by atoms with van der Waals surface area (Å²) in [4.78, 5) is 10.7. The molecule has 0 aliphatic rings. The second kappa shape index (κ2) is 10.7. The van der Waals surface area contributed by atoms with Crippen molar-refractivity contribution in [1.82, 2.24) is 9.78 Å². The largest absolute Gasteiger partial charge is 0.534 e. The van der Waals surface area contributed by atoms with Crippen LogP contribution in [0.15, 0.2) is 22.8 Å². The van der Waals surface area contributed by atoms with Gasteiger partial charge in [0, 0.05) is 20.7 Å². The molecule has 0 saturated carbocycles. The van der Waals surface area contributed by atoms with E-state index in [1.807, 2.05) is 0 Å². The number of nitro groups is 1. The molecule has 1 heterocycles. The molecule has 0 atom stereocenters. The van der Waals surface area contributed by atoms with Crippen molar-refractivity contribution < 1.29 is 48.9 Å². The summed E-state index contributed by atoms with van der Waals surface area (Å²) in [7, 11) is -7.63. The Morgan fingerprint density at radius 3 is 2.37 bits per heavy atom. The Bertz CT molecular complexity index is 1190. The fourth-order valence-electron chi connectivity index (χ4n) is 2.56. The summed E-state index contributed by atoms with van der Waals surface area (Å²) in [5.74, 6) is -1.94. The summed E-state index contributed by atoms with van der Waals surface area (Å²) in [5, 5.41) is 15.4. The lowest BCUT2D eigenvalue weighted by Crippen LogP contribution is -2.28. The first kappa shape index (κ1) is 28.9. The number of ether oxygens (including phenoxy) is 2. The molecular formula is C17H19BrF5N3O7SSi. The summed E-state index contributed by atoms with van der Waals surface area (Å²) in [6.07, 6.45) is 0.829. The van der Waals surface area contributed by atoms with Gasteiger partial charge in [-0.05, 0) is 28.0 Å². The molecule has 0 bridgehead atoms. The lowest BCUT2D eigenvalue weighted by Gasteiger charge is -2.17. The molecule has 2 rings (SSSR count). The number of aromatic nitrogens is 2. The Labute approximate surface area is 205 Å². The van der Waals surface area contributed by atoms with E-state index in [0.29, 0.717) is 6.07 Å². The lowest BCUT2D eigenvalue weighted by molar-refractivity contribution is -0.384. The highest BCUT2D eigenvalue weighted by atomic mass is 79.9. The van der Waals surface area contributed by atoms with Gasteiger partial charge in [0.2, 0.25) is 0 Å². The van der Waals surface area contributed by atoms with Gasteiger partial charge in [0.25, 0.3) is 0 Å². The number of hydrogen-bond donors (Lipinski definition) is 0. The Kier molecular flexibility index (Phi) is 8.88. The minimum Gasteiger partial charge on any atom is -0.434 e. The minimum absolute atomic E-state index is 0.287. The van der Waals surface area contributed by atoms with Crippen LogP contribution in [0, 0.1) is 10.1 Å². The molecule has 0 aliphatic heterocycles. The van der Waals surface area contributed by atoms with Gasteiger partial charge >= 0.3 is 27.9 Å². The highest BCUT2D eigenvalue weighted by Gasteiger charge is 2.49. The molecule has 0 N–H and O–H groups in total. The second-order valence-electron chi connectivity index (χ2n) is 8.12. The predicted octanol–water partition coefficient (Wildman–Crippen LogP) is 5.36. The van der Waals surface area contributed by atoms with Crippen LogP contribution in [-0.2, 0) is 21.6 Å². The van der Waals surface area contributed by atoms with Gasteiger partial charge in [-0.15, -0.1) is 0 Å². The summed E-state index contributed by atoms with van der Waals surface area (Å²) in [5.41, 5.74) is -7.24. The highest BCUT2D eigenvalue weighted by Crippen LogP contribution is 2.43. The molecule has 196 valence electrons. The van der Waals surface area contributed by atoms with Crippen LogP contribution in [0.1, 0.15) is 0 Å². The van der Waals surface area contributed by atoms with E-state index in [1.165, 1.54) is 0 Å². The number of benzene rings is 1. The van der Waals surface area contributed by atoms with Gasteiger partial charge < -0.3 is 13.7 Å². The topological polar surface area (TPSA) is 123 Å². The molecule has 10 nitrogen and oxygen atoms in total. The van der Waals surface area contributed by atoms with E-state index in [1.54, 1.807) is 0 Å². The van der Waals surface area contributed by atoms with Gasteiger partial charge in [-0.2, -0.15) is 35.5 Å². The molecular weight excluding hydrogens is 593 g/mol. The van der Waals surface area contributed by atoms with E-state index >= 15 is 0 Å². The summed E-state index contributed by atoms with van der Waals surface area (Å²) in [6, 6.07) is 2.01. The van der Waals surface area contributed by atoms with Crippen LogP contribution in [0.5, 0.6) is 11.5 Å². The number of halogens is 6. The van der Waals surface area contributed by atoms with Gasteiger partial charge in [0.15, 0.2) is 11.4 Å². The molecule has 2 aromatic rings. The quantitative estimate of drug-likeness (QED) is 0.0632.